The number of nitrogens with one attached hydrogen (secondary N) is 1. The molecule has 4 aromatic carbocycles. The fraction of sp³-hybridized carbons (Fsp3) is 0.577. The quantitative estimate of drug-likeness (QED) is 0.0105. The van der Waals surface area contributed by atoms with Crippen LogP contribution >= 0.6 is 0 Å². The number of nitrogens with two attached hydrogens (primary N) is 3. The number of anilines is 1. The molecule has 0 aromatic heterocycles. The van der Waals surface area contributed by atoms with Crippen molar-refractivity contribution < 1.29 is 50.5 Å². The van der Waals surface area contributed by atoms with Crippen LogP contribution in [-0.2, 0) is 73.1 Å². The van der Waals surface area contributed by atoms with Gasteiger partial charge >= 0.3 is 10.2 Å². The summed E-state index contributed by atoms with van der Waals surface area (Å²) < 4.78 is 47.7. The number of aryl methyl sites for hydroxylation is 1. The molecule has 0 radical (unpaired) electrons. The number of carbonyl (C=O) groups excluding carboxylic acids is 6. The predicted octanol–water partition coefficient (Wildman–Crippen LogP) is 10.2. The number of Topliss-reactive ketones (excluding diaryl/α,β-unsaturated/α-hetero) is 2. The molecule has 0 saturated carbocycles. The van der Waals surface area contributed by atoms with E-state index in [1.807, 2.05) is 6.07 Å². The van der Waals surface area contributed by atoms with Gasteiger partial charge in [-0.25, -0.2) is 0 Å². The average molecular weight is 1300 g/mol. The van der Waals surface area contributed by atoms with Gasteiger partial charge in [0.1, 0.15) is 17.6 Å². The molecule has 1 aliphatic heterocycles. The minimum absolute atomic E-state index is 0.0152. The maximum atomic E-state index is 14.6. The van der Waals surface area contributed by atoms with E-state index in [-0.39, 0.29) is 119 Å². The molecule has 2 atom stereocenters. The van der Waals surface area contributed by atoms with E-state index in [1.54, 1.807) is 19.0 Å². The molecular formula is C71H99FN10O10S. The third kappa shape index (κ3) is 21.0. The van der Waals surface area contributed by atoms with Crippen LogP contribution in [0.25, 0.3) is 10.4 Å². The van der Waals surface area contributed by atoms with E-state index in [2.05, 4.69) is 63.9 Å². The molecule has 0 unspecified atom stereocenters. The maximum Gasteiger partial charge on any atom is 0.332 e. The van der Waals surface area contributed by atoms with Crippen LogP contribution < -0.4 is 22.5 Å². The Morgan fingerprint density at radius 1 is 0.624 bits per heavy atom. The van der Waals surface area contributed by atoms with Crippen molar-refractivity contribution in [2.24, 2.45) is 22.3 Å². The number of benzene rings is 4. The Morgan fingerprint density at radius 2 is 1.11 bits per heavy atom. The Labute approximate surface area is 549 Å². The Bertz CT molecular complexity index is 3130. The SMILES string of the molecule is CN(CCOCCOCCN(C)C(=O)[C@@H]1C[C@H](N=[N+]=[N-])CN1C(=O)CCc1ccc(S(=O)(=O)F)cc1)C(=O)CCC12c3cc(CC(=O)CCCCCCCN)ccc3C(c3ccc(CC(=O)CCCCCCCN)cc31)c1ccc(NC(=O)CCCCCCCN)cc12. The number of hydrogen-bond acceptors (Lipinski definition) is 14. The molecule has 4 amide bonds. The largest absolute Gasteiger partial charge is 0.377 e. The van der Waals surface area contributed by atoms with Crippen molar-refractivity contribution in [1.82, 2.24) is 14.7 Å². The van der Waals surface area contributed by atoms with Crippen LogP contribution in [-0.4, -0.2) is 150 Å². The molecule has 22 heteroatoms. The van der Waals surface area contributed by atoms with E-state index >= 15 is 0 Å². The number of carbonyl (C=O) groups is 6. The molecule has 8 rings (SSSR count). The molecule has 4 aliphatic rings. The van der Waals surface area contributed by atoms with Crippen LogP contribution in [0, 0.1) is 0 Å². The van der Waals surface area contributed by atoms with Gasteiger partial charge in [-0.1, -0.05) is 117 Å². The molecule has 0 spiro atoms. The number of nitrogens with zero attached hydrogens (tertiary/aromatic N) is 6. The van der Waals surface area contributed by atoms with Crippen molar-refractivity contribution in [3.63, 3.8) is 0 Å². The van der Waals surface area contributed by atoms with Crippen molar-refractivity contribution in [2.75, 3.05) is 85.1 Å². The number of ether oxygens (including phenoxy) is 2. The van der Waals surface area contributed by atoms with E-state index in [0.29, 0.717) is 63.1 Å². The highest BCUT2D eigenvalue weighted by atomic mass is 32.3. The van der Waals surface area contributed by atoms with Gasteiger partial charge < -0.3 is 46.7 Å². The highest BCUT2D eigenvalue weighted by Gasteiger charge is 2.52. The number of unbranched alkanes of at least 4 members (excludes halogenated alkanes) is 12. The van der Waals surface area contributed by atoms with E-state index in [4.69, 9.17) is 32.2 Å². The van der Waals surface area contributed by atoms with Crippen LogP contribution in [0.5, 0.6) is 0 Å². The minimum Gasteiger partial charge on any atom is -0.377 e. The Kier molecular flexibility index (Phi) is 29.4. The first kappa shape index (κ1) is 73.5. The smallest absolute Gasteiger partial charge is 0.332 e. The van der Waals surface area contributed by atoms with Crippen LogP contribution in [0.2, 0.25) is 0 Å². The zero-order chi connectivity index (χ0) is 66.8. The lowest BCUT2D eigenvalue weighted by molar-refractivity contribution is -0.143. The van der Waals surface area contributed by atoms with Gasteiger partial charge in [-0.2, -0.15) is 8.42 Å². The summed E-state index contributed by atoms with van der Waals surface area (Å²) in [5.41, 5.74) is 34.8. The normalized spacial score (nSPS) is 16.9. The molecule has 7 N–H and O–H groups in total. The molecule has 20 nitrogen and oxygen atoms in total. The summed E-state index contributed by atoms with van der Waals surface area (Å²) in [4.78, 5) is 89.9. The number of halogens is 1. The van der Waals surface area contributed by atoms with E-state index in [0.717, 1.165) is 153 Å². The maximum absolute atomic E-state index is 14.6. The Morgan fingerprint density at radius 3 is 1.63 bits per heavy atom. The van der Waals surface area contributed by atoms with Crippen LogP contribution in [0.3, 0.4) is 0 Å². The second kappa shape index (κ2) is 37.3. The van der Waals surface area contributed by atoms with Crippen LogP contribution in [0.1, 0.15) is 197 Å². The molecule has 3 aliphatic carbocycles. The first-order chi connectivity index (χ1) is 44.9. The highest BCUT2D eigenvalue weighted by molar-refractivity contribution is 7.86. The van der Waals surface area contributed by atoms with Gasteiger partial charge in [-0.05, 0) is 157 Å². The predicted molar refractivity (Wildman–Crippen MR) is 359 cm³/mol. The summed E-state index contributed by atoms with van der Waals surface area (Å²) in [6, 6.07) is 22.7. The number of amides is 4. The Hall–Kier alpha value is -6.91. The standard InChI is InChI=1S/C71H99FN10O10S/c1-80(38-40-91-42-43-92-41-39-81(2)70(88)65-49-55(78-79-76)50-82(65)68(87)32-25-51-21-27-58(28-22-51)93(72,89)90)67(86)33-34-71-62-46-52(44-56(83)18-12-6-3-9-15-35-73)23-29-59(62)69(60-30-24-53(47-63(60)71)45-57(84)19-13-7-4-10-16-36-74)61-31-26-54(48-64(61)71)77-66(85)20-14-8-5-11-17-37-75/h21-24,26-31,46-48,55,65,69H,3-20,25,32-45,49-50,73-75H2,1-2H3,(H,77,85)/t55-,65-,69?,71?/m0/s1. The van der Waals surface area contributed by atoms with Gasteiger partial charge in [-0.15, -0.1) is 3.89 Å². The van der Waals surface area contributed by atoms with Crippen molar-refractivity contribution in [3.8, 4) is 0 Å². The second-order valence-corrected chi connectivity index (χ2v) is 26.8. The van der Waals surface area contributed by atoms with Crippen molar-refractivity contribution in [2.45, 2.75) is 189 Å². The first-order valence-corrected chi connectivity index (χ1v) is 35.2. The number of ketones is 2. The monoisotopic (exact) mass is 1300 g/mol. The second-order valence-electron chi connectivity index (χ2n) is 25.4. The molecule has 1 saturated heterocycles. The number of hydrogen-bond donors (Lipinski definition) is 4. The topological polar surface area (TPSA) is 304 Å². The zero-order valence-corrected chi connectivity index (χ0v) is 55.6. The first-order valence-electron chi connectivity index (χ1n) is 33.8. The summed E-state index contributed by atoms with van der Waals surface area (Å²) >= 11 is 0. The minimum atomic E-state index is -4.87. The van der Waals surface area contributed by atoms with E-state index in [9.17, 15) is 41.1 Å². The third-order valence-electron chi connectivity index (χ3n) is 18.6. The average Bonchev–Trinajstić information content (AvgIpc) is 1.01. The lowest BCUT2D eigenvalue weighted by atomic mass is 9.51. The van der Waals surface area contributed by atoms with Gasteiger partial charge in [0.25, 0.3) is 0 Å². The van der Waals surface area contributed by atoms with Gasteiger partial charge in [0, 0.05) is 101 Å². The Balaban J connectivity index is 1.02. The van der Waals surface area contributed by atoms with Gasteiger partial charge in [0.15, 0.2) is 0 Å². The van der Waals surface area contributed by atoms with Gasteiger partial charge in [0.2, 0.25) is 23.6 Å². The van der Waals surface area contributed by atoms with Gasteiger partial charge in [0.05, 0.1) is 37.4 Å². The van der Waals surface area contributed by atoms with E-state index < -0.39 is 32.6 Å². The van der Waals surface area contributed by atoms with Crippen molar-refractivity contribution >= 4 is 51.1 Å². The molecule has 4 aromatic rings. The third-order valence-corrected chi connectivity index (χ3v) is 19.4. The molecular weight excluding hydrogens is 1200 g/mol. The zero-order valence-electron chi connectivity index (χ0n) is 54.8. The molecule has 2 bridgehead atoms. The molecule has 1 heterocycles. The lowest BCUT2D eigenvalue weighted by Crippen LogP contribution is -2.47. The summed E-state index contributed by atoms with van der Waals surface area (Å²) in [5, 5.41) is 7.00. The van der Waals surface area contributed by atoms with Crippen LogP contribution in [0.4, 0.5) is 9.57 Å². The lowest BCUT2D eigenvalue weighted by Gasteiger charge is -2.51. The van der Waals surface area contributed by atoms with Crippen molar-refractivity contribution in [1.29, 1.82) is 0 Å². The van der Waals surface area contributed by atoms with Crippen molar-refractivity contribution in [3.05, 3.63) is 139 Å². The molecule has 93 heavy (non-hydrogen) atoms. The fourth-order valence-corrected chi connectivity index (χ4v) is 13.9. The van der Waals surface area contributed by atoms with Gasteiger partial charge in [-0.3, -0.25) is 28.8 Å². The number of rotatable bonds is 44. The fourth-order valence-electron chi connectivity index (χ4n) is 13.5. The number of azide groups is 1. The van der Waals surface area contributed by atoms with Crippen LogP contribution in [0.15, 0.2) is 88.9 Å². The number of likely N-dealkylation sites (tertiary alicyclic amines) is 1. The summed E-state index contributed by atoms with van der Waals surface area (Å²) in [6.07, 6.45) is 17.2. The summed E-state index contributed by atoms with van der Waals surface area (Å²) in [7, 11) is -1.51. The van der Waals surface area contributed by atoms with E-state index in [1.165, 1.54) is 21.9 Å². The molecule has 1 fully saturated rings. The highest BCUT2D eigenvalue weighted by Crippen LogP contribution is 2.61. The molecule has 506 valence electrons. The number of likely N-dealkylation sites (N-methyl/N-ethyl adjacent to an activating group) is 2. The summed E-state index contributed by atoms with van der Waals surface area (Å²) in [6.45, 7) is 3.34. The summed E-state index contributed by atoms with van der Waals surface area (Å²) in [5.74, 6) is -0.685.